The number of carbonyl (C=O) groups is 1. The maximum absolute atomic E-state index is 13.3. The zero-order valence-electron chi connectivity index (χ0n) is 15.6. The van der Waals surface area contributed by atoms with Crippen LogP contribution in [0.15, 0.2) is 47.4 Å². The van der Waals surface area contributed by atoms with E-state index in [4.69, 9.17) is 16.3 Å². The van der Waals surface area contributed by atoms with Crippen molar-refractivity contribution in [3.8, 4) is 5.19 Å². The molecule has 2 aromatic carbocycles. The van der Waals surface area contributed by atoms with E-state index >= 15 is 0 Å². The van der Waals surface area contributed by atoms with E-state index in [0.717, 1.165) is 33.7 Å². The SMILES string of the molecule is O=C(CCSc1ccc(Cl)cc1)N1CCC(Oc2nc3ccc(F)cc3s2)CC1. The molecule has 1 aromatic heterocycles. The highest BCUT2D eigenvalue weighted by molar-refractivity contribution is 7.99. The van der Waals surface area contributed by atoms with Crippen LogP contribution in [-0.4, -0.2) is 40.7 Å². The number of piperidine rings is 1. The minimum absolute atomic E-state index is 0.0351. The molecule has 1 saturated heterocycles. The van der Waals surface area contributed by atoms with Crippen molar-refractivity contribution in [1.29, 1.82) is 0 Å². The van der Waals surface area contributed by atoms with E-state index in [0.29, 0.717) is 29.7 Å². The van der Waals surface area contributed by atoms with Crippen molar-refractivity contribution < 1.29 is 13.9 Å². The molecule has 3 aromatic rings. The predicted octanol–water partition coefficient (Wildman–Crippen LogP) is 5.64. The number of halogens is 2. The number of amides is 1. The van der Waals surface area contributed by atoms with Gasteiger partial charge in [-0.25, -0.2) is 9.37 Å². The average molecular weight is 451 g/mol. The molecule has 0 radical (unpaired) electrons. The Balaban J connectivity index is 1.22. The normalized spacial score (nSPS) is 15.0. The van der Waals surface area contributed by atoms with Gasteiger partial charge in [-0.05, 0) is 42.5 Å². The number of ether oxygens (including phenoxy) is 1. The highest BCUT2D eigenvalue weighted by Gasteiger charge is 2.24. The topological polar surface area (TPSA) is 42.4 Å². The summed E-state index contributed by atoms with van der Waals surface area (Å²) in [6, 6.07) is 12.2. The lowest BCUT2D eigenvalue weighted by molar-refractivity contribution is -0.132. The molecule has 4 rings (SSSR count). The third kappa shape index (κ3) is 5.41. The molecule has 1 aliphatic rings. The highest BCUT2D eigenvalue weighted by Crippen LogP contribution is 2.30. The van der Waals surface area contributed by atoms with E-state index < -0.39 is 0 Å². The predicted molar refractivity (Wildman–Crippen MR) is 117 cm³/mol. The molecule has 1 aliphatic heterocycles. The van der Waals surface area contributed by atoms with Crippen LogP contribution in [0.3, 0.4) is 0 Å². The summed E-state index contributed by atoms with van der Waals surface area (Å²) in [7, 11) is 0. The second-order valence-corrected chi connectivity index (χ2v) is 9.44. The summed E-state index contributed by atoms with van der Waals surface area (Å²) in [5.74, 6) is 0.660. The van der Waals surface area contributed by atoms with Crippen LogP contribution < -0.4 is 4.74 Å². The number of rotatable bonds is 6. The fourth-order valence-electron chi connectivity index (χ4n) is 3.24. The number of aromatic nitrogens is 1. The molecule has 0 aliphatic carbocycles. The van der Waals surface area contributed by atoms with Gasteiger partial charge in [0.1, 0.15) is 11.9 Å². The molecular formula is C21H20ClFN2O2S2. The van der Waals surface area contributed by atoms with Gasteiger partial charge in [-0.3, -0.25) is 4.79 Å². The lowest BCUT2D eigenvalue weighted by Crippen LogP contribution is -2.41. The Morgan fingerprint density at radius 1 is 1.24 bits per heavy atom. The van der Waals surface area contributed by atoms with Gasteiger partial charge in [0.05, 0.1) is 10.2 Å². The number of hydrogen-bond donors (Lipinski definition) is 0. The average Bonchev–Trinajstić information content (AvgIpc) is 3.11. The van der Waals surface area contributed by atoms with Gasteiger partial charge in [0.2, 0.25) is 5.91 Å². The monoisotopic (exact) mass is 450 g/mol. The molecule has 4 nitrogen and oxygen atoms in total. The summed E-state index contributed by atoms with van der Waals surface area (Å²) in [6.45, 7) is 1.38. The molecule has 152 valence electrons. The third-order valence-corrected chi connectivity index (χ3v) is 6.97. The van der Waals surface area contributed by atoms with Crippen LogP contribution in [0.25, 0.3) is 10.2 Å². The Morgan fingerprint density at radius 2 is 2.00 bits per heavy atom. The van der Waals surface area contributed by atoms with Gasteiger partial charge in [-0.2, -0.15) is 0 Å². The van der Waals surface area contributed by atoms with Gasteiger partial charge in [0.25, 0.3) is 5.19 Å². The summed E-state index contributed by atoms with van der Waals surface area (Å²) in [5.41, 5.74) is 0.747. The van der Waals surface area contributed by atoms with Gasteiger partial charge >= 0.3 is 0 Å². The van der Waals surface area contributed by atoms with Crippen molar-refractivity contribution in [2.45, 2.75) is 30.3 Å². The van der Waals surface area contributed by atoms with Crippen molar-refractivity contribution in [3.05, 3.63) is 53.3 Å². The maximum atomic E-state index is 13.3. The third-order valence-electron chi connectivity index (χ3n) is 4.79. The quantitative estimate of drug-likeness (QED) is 0.456. The van der Waals surface area contributed by atoms with Crippen molar-refractivity contribution in [2.24, 2.45) is 0 Å². The number of nitrogens with zero attached hydrogens (tertiary/aromatic N) is 2. The van der Waals surface area contributed by atoms with E-state index in [-0.39, 0.29) is 17.8 Å². The van der Waals surface area contributed by atoms with Crippen LogP contribution in [0, 0.1) is 5.82 Å². The van der Waals surface area contributed by atoms with Gasteiger partial charge in [0.15, 0.2) is 0 Å². The molecule has 1 fully saturated rings. The second kappa shape index (κ2) is 9.32. The van der Waals surface area contributed by atoms with Crippen LogP contribution >= 0.6 is 34.7 Å². The van der Waals surface area contributed by atoms with Gasteiger partial charge < -0.3 is 9.64 Å². The minimum atomic E-state index is -0.270. The number of likely N-dealkylation sites (tertiary alicyclic amines) is 1. The van der Waals surface area contributed by atoms with Crippen molar-refractivity contribution in [3.63, 3.8) is 0 Å². The van der Waals surface area contributed by atoms with Crippen LogP contribution in [0.4, 0.5) is 4.39 Å². The number of thiazole rings is 1. The molecule has 2 heterocycles. The molecule has 0 atom stereocenters. The van der Waals surface area contributed by atoms with Crippen LogP contribution in [0.2, 0.25) is 5.02 Å². The van der Waals surface area contributed by atoms with Crippen molar-refractivity contribution >= 4 is 50.8 Å². The Labute approximate surface area is 182 Å². The first-order valence-corrected chi connectivity index (χ1v) is 11.6. The molecule has 1 amide bonds. The zero-order chi connectivity index (χ0) is 20.2. The fourth-order valence-corrected chi connectivity index (χ4v) is 5.11. The Morgan fingerprint density at radius 3 is 2.76 bits per heavy atom. The fraction of sp³-hybridized carbons (Fsp3) is 0.333. The number of thioether (sulfide) groups is 1. The van der Waals surface area contributed by atoms with Gasteiger partial charge in [-0.15, -0.1) is 11.8 Å². The Kier molecular flexibility index (Phi) is 6.57. The lowest BCUT2D eigenvalue weighted by Gasteiger charge is -2.31. The summed E-state index contributed by atoms with van der Waals surface area (Å²) < 4.78 is 20.1. The first-order valence-electron chi connectivity index (χ1n) is 9.46. The molecule has 0 saturated carbocycles. The molecule has 0 bridgehead atoms. The van der Waals surface area contributed by atoms with E-state index in [2.05, 4.69) is 4.98 Å². The summed E-state index contributed by atoms with van der Waals surface area (Å²) in [5, 5.41) is 1.28. The Bertz CT molecular complexity index is 988. The molecule has 8 heteroatoms. The number of benzene rings is 2. The largest absolute Gasteiger partial charge is 0.467 e. The van der Waals surface area contributed by atoms with E-state index in [1.807, 2.05) is 29.2 Å². The van der Waals surface area contributed by atoms with Crippen LogP contribution in [-0.2, 0) is 4.79 Å². The maximum Gasteiger partial charge on any atom is 0.274 e. The first kappa shape index (κ1) is 20.4. The lowest BCUT2D eigenvalue weighted by atomic mass is 10.1. The van der Waals surface area contributed by atoms with Crippen molar-refractivity contribution in [1.82, 2.24) is 9.88 Å². The molecule has 29 heavy (non-hydrogen) atoms. The smallest absolute Gasteiger partial charge is 0.274 e. The number of hydrogen-bond acceptors (Lipinski definition) is 5. The van der Waals surface area contributed by atoms with Crippen LogP contribution in [0.5, 0.6) is 5.19 Å². The number of fused-ring (bicyclic) bond motifs is 1. The zero-order valence-corrected chi connectivity index (χ0v) is 18.0. The molecule has 0 unspecified atom stereocenters. The first-order chi connectivity index (χ1) is 14.1. The van der Waals surface area contributed by atoms with Crippen molar-refractivity contribution in [2.75, 3.05) is 18.8 Å². The molecule has 0 N–H and O–H groups in total. The van der Waals surface area contributed by atoms with E-state index in [9.17, 15) is 9.18 Å². The molecular weight excluding hydrogens is 431 g/mol. The molecule has 0 spiro atoms. The summed E-state index contributed by atoms with van der Waals surface area (Å²) >= 11 is 8.91. The standard InChI is InChI=1S/C21H20ClFN2O2S2/c22-14-1-4-17(5-2-14)28-12-9-20(26)25-10-7-16(8-11-25)27-21-24-18-6-3-15(23)13-19(18)29-21/h1-6,13,16H,7-12H2. The van der Waals surface area contributed by atoms with E-state index in [1.54, 1.807) is 17.8 Å². The summed E-state index contributed by atoms with van der Waals surface area (Å²) in [4.78, 5) is 19.9. The Hall–Kier alpha value is -1.83. The minimum Gasteiger partial charge on any atom is -0.467 e. The highest BCUT2D eigenvalue weighted by atomic mass is 35.5. The second-order valence-electron chi connectivity index (χ2n) is 6.84. The van der Waals surface area contributed by atoms with Gasteiger partial charge in [0, 0.05) is 48.0 Å². The van der Waals surface area contributed by atoms with E-state index in [1.165, 1.54) is 23.5 Å². The van der Waals surface area contributed by atoms with Crippen LogP contribution in [0.1, 0.15) is 19.3 Å². The van der Waals surface area contributed by atoms with Gasteiger partial charge in [-0.1, -0.05) is 22.9 Å². The number of carbonyl (C=O) groups excluding carboxylic acids is 1. The summed E-state index contributed by atoms with van der Waals surface area (Å²) in [6.07, 6.45) is 2.11.